The van der Waals surface area contributed by atoms with Gasteiger partial charge in [-0.15, -0.1) is 0 Å². The first-order chi connectivity index (χ1) is 6.36. The summed E-state index contributed by atoms with van der Waals surface area (Å²) in [6, 6.07) is 7.80. The van der Waals surface area contributed by atoms with Crippen molar-refractivity contribution in [2.75, 3.05) is 7.05 Å². The third-order valence-electron chi connectivity index (χ3n) is 1.58. The van der Waals surface area contributed by atoms with Crippen molar-refractivity contribution < 1.29 is 4.79 Å². The number of hydrogen-bond acceptors (Lipinski definition) is 2. The number of benzene rings is 1. The molecule has 0 amide bonds. The van der Waals surface area contributed by atoms with Gasteiger partial charge in [0.1, 0.15) is 0 Å². The predicted octanol–water partition coefficient (Wildman–Crippen LogP) is 0.956. The zero-order chi connectivity index (χ0) is 9.52. The Hall–Kier alpha value is -1.59. The Morgan fingerprint density at radius 1 is 1.54 bits per heavy atom. The summed E-state index contributed by atoms with van der Waals surface area (Å²) in [7, 11) is 1.89. The highest BCUT2D eigenvalue weighted by Crippen LogP contribution is 2.03. The lowest BCUT2D eigenvalue weighted by Gasteiger charge is -1.99. The van der Waals surface area contributed by atoms with E-state index in [0.29, 0.717) is 6.29 Å². The van der Waals surface area contributed by atoms with Crippen molar-refractivity contribution in [3.8, 4) is 11.8 Å². The first-order valence-corrected chi connectivity index (χ1v) is 4.05. The Kier molecular flexibility index (Phi) is 3.74. The van der Waals surface area contributed by atoms with Gasteiger partial charge >= 0.3 is 0 Å². The number of hydrogen-bond donors (Lipinski definition) is 1. The highest BCUT2D eigenvalue weighted by Gasteiger charge is 1.90. The van der Waals surface area contributed by atoms with E-state index in [1.807, 2.05) is 31.3 Å². The topological polar surface area (TPSA) is 29.1 Å². The van der Waals surface area contributed by atoms with E-state index in [0.717, 1.165) is 12.1 Å². The zero-order valence-corrected chi connectivity index (χ0v) is 7.50. The SMILES string of the molecule is CNCc1cccc(C#CC=O)c1. The Morgan fingerprint density at radius 3 is 3.08 bits per heavy atom. The smallest absolute Gasteiger partial charge is 0.193 e. The lowest BCUT2D eigenvalue weighted by Crippen LogP contribution is -2.04. The van der Waals surface area contributed by atoms with E-state index < -0.39 is 0 Å². The van der Waals surface area contributed by atoms with Crippen molar-refractivity contribution in [1.82, 2.24) is 5.32 Å². The molecule has 2 heteroatoms. The summed E-state index contributed by atoms with van der Waals surface area (Å²) in [5, 5.41) is 3.05. The first-order valence-electron chi connectivity index (χ1n) is 4.05. The van der Waals surface area contributed by atoms with Gasteiger partial charge in [0, 0.05) is 12.1 Å². The summed E-state index contributed by atoms with van der Waals surface area (Å²) in [5.74, 6) is 5.13. The van der Waals surface area contributed by atoms with Crippen molar-refractivity contribution in [3.63, 3.8) is 0 Å². The number of aldehydes is 1. The molecular weight excluding hydrogens is 162 g/mol. The van der Waals surface area contributed by atoms with E-state index in [2.05, 4.69) is 17.2 Å². The summed E-state index contributed by atoms with van der Waals surface area (Å²) < 4.78 is 0. The van der Waals surface area contributed by atoms with Crippen molar-refractivity contribution in [2.45, 2.75) is 6.54 Å². The Morgan fingerprint density at radius 2 is 2.38 bits per heavy atom. The van der Waals surface area contributed by atoms with Crippen LogP contribution in [0, 0.1) is 11.8 Å². The molecule has 1 N–H and O–H groups in total. The quantitative estimate of drug-likeness (QED) is 0.533. The zero-order valence-electron chi connectivity index (χ0n) is 7.50. The maximum atomic E-state index is 10.0. The van der Waals surface area contributed by atoms with Gasteiger partial charge in [-0.25, -0.2) is 0 Å². The van der Waals surface area contributed by atoms with E-state index >= 15 is 0 Å². The third-order valence-corrected chi connectivity index (χ3v) is 1.58. The van der Waals surface area contributed by atoms with Gasteiger partial charge < -0.3 is 5.32 Å². The van der Waals surface area contributed by atoms with E-state index in [1.165, 1.54) is 5.56 Å². The third kappa shape index (κ3) is 3.10. The van der Waals surface area contributed by atoms with Gasteiger partial charge in [-0.1, -0.05) is 18.1 Å². The van der Waals surface area contributed by atoms with Crippen LogP contribution in [0.4, 0.5) is 0 Å². The lowest BCUT2D eigenvalue weighted by atomic mass is 10.1. The van der Waals surface area contributed by atoms with Gasteiger partial charge in [0.05, 0.1) is 0 Å². The summed E-state index contributed by atoms with van der Waals surface area (Å²) >= 11 is 0. The van der Waals surface area contributed by atoms with Crippen LogP contribution >= 0.6 is 0 Å². The molecule has 0 saturated heterocycles. The normalized spacial score (nSPS) is 8.69. The van der Waals surface area contributed by atoms with Gasteiger partial charge in [0.15, 0.2) is 6.29 Å². The molecule has 13 heavy (non-hydrogen) atoms. The Balaban J connectivity index is 2.84. The lowest BCUT2D eigenvalue weighted by molar-refractivity contribution is -0.103. The number of carbonyl (C=O) groups excluding carboxylic acids is 1. The first kappa shape index (κ1) is 9.50. The molecule has 1 aromatic rings. The fourth-order valence-electron chi connectivity index (χ4n) is 1.08. The molecule has 2 nitrogen and oxygen atoms in total. The van der Waals surface area contributed by atoms with E-state index in [1.54, 1.807) is 0 Å². The molecule has 0 bridgehead atoms. The number of rotatable bonds is 2. The molecule has 0 aliphatic rings. The van der Waals surface area contributed by atoms with E-state index in [-0.39, 0.29) is 0 Å². The summed E-state index contributed by atoms with van der Waals surface area (Å²) in [6.07, 6.45) is 0.602. The Bertz CT molecular complexity index is 347. The highest BCUT2D eigenvalue weighted by molar-refractivity contribution is 5.73. The molecule has 0 fully saturated rings. The van der Waals surface area contributed by atoms with Crippen LogP contribution in [0.5, 0.6) is 0 Å². The van der Waals surface area contributed by atoms with Crippen molar-refractivity contribution in [3.05, 3.63) is 35.4 Å². The highest BCUT2D eigenvalue weighted by atomic mass is 16.1. The van der Waals surface area contributed by atoms with Gasteiger partial charge in [-0.3, -0.25) is 4.79 Å². The van der Waals surface area contributed by atoms with Crippen LogP contribution in [0.1, 0.15) is 11.1 Å². The standard InChI is InChI=1S/C11H11NO/c1-12-9-11-5-2-4-10(8-11)6-3-7-13/h2,4-5,7-8,12H,9H2,1H3. The molecule has 0 aromatic heterocycles. The van der Waals surface area contributed by atoms with Gasteiger partial charge in [0.2, 0.25) is 0 Å². The molecule has 0 saturated carbocycles. The van der Waals surface area contributed by atoms with Gasteiger partial charge in [-0.05, 0) is 30.7 Å². The van der Waals surface area contributed by atoms with Crippen LogP contribution < -0.4 is 5.32 Å². The maximum absolute atomic E-state index is 10.0. The molecule has 0 aliphatic heterocycles. The average Bonchev–Trinajstić information content (AvgIpc) is 2.16. The van der Waals surface area contributed by atoms with Crippen LogP contribution in [0.3, 0.4) is 0 Å². The summed E-state index contributed by atoms with van der Waals surface area (Å²) in [6.45, 7) is 0.816. The number of carbonyl (C=O) groups is 1. The molecule has 0 aliphatic carbocycles. The Labute approximate surface area is 78.0 Å². The molecule has 66 valence electrons. The van der Waals surface area contributed by atoms with Crippen LogP contribution in [-0.2, 0) is 11.3 Å². The second-order valence-corrected chi connectivity index (χ2v) is 2.62. The molecule has 1 rings (SSSR count). The second-order valence-electron chi connectivity index (χ2n) is 2.62. The molecule has 0 radical (unpaired) electrons. The molecule has 0 atom stereocenters. The minimum Gasteiger partial charge on any atom is -0.316 e. The van der Waals surface area contributed by atoms with Crippen LogP contribution in [0.15, 0.2) is 24.3 Å². The molecule has 0 heterocycles. The minimum absolute atomic E-state index is 0.602. The molecule has 0 unspecified atom stereocenters. The van der Waals surface area contributed by atoms with E-state index in [9.17, 15) is 4.79 Å². The number of nitrogens with one attached hydrogen (secondary N) is 1. The average molecular weight is 173 g/mol. The van der Waals surface area contributed by atoms with Crippen molar-refractivity contribution in [1.29, 1.82) is 0 Å². The molecule has 1 aromatic carbocycles. The monoisotopic (exact) mass is 173 g/mol. The minimum atomic E-state index is 0.602. The summed E-state index contributed by atoms with van der Waals surface area (Å²) in [4.78, 5) is 10.0. The molecular formula is C11H11NO. The maximum Gasteiger partial charge on any atom is 0.193 e. The van der Waals surface area contributed by atoms with Crippen LogP contribution in [-0.4, -0.2) is 13.3 Å². The van der Waals surface area contributed by atoms with Gasteiger partial charge in [0.25, 0.3) is 0 Å². The summed E-state index contributed by atoms with van der Waals surface area (Å²) in [5.41, 5.74) is 2.04. The second kappa shape index (κ2) is 5.13. The van der Waals surface area contributed by atoms with Crippen molar-refractivity contribution in [2.24, 2.45) is 0 Å². The van der Waals surface area contributed by atoms with Gasteiger partial charge in [-0.2, -0.15) is 0 Å². The van der Waals surface area contributed by atoms with E-state index in [4.69, 9.17) is 0 Å². The van der Waals surface area contributed by atoms with Crippen LogP contribution in [0.2, 0.25) is 0 Å². The fourth-order valence-corrected chi connectivity index (χ4v) is 1.08. The largest absolute Gasteiger partial charge is 0.316 e. The predicted molar refractivity (Wildman–Crippen MR) is 52.1 cm³/mol. The van der Waals surface area contributed by atoms with Crippen LogP contribution in [0.25, 0.3) is 0 Å². The van der Waals surface area contributed by atoms with Crippen molar-refractivity contribution >= 4 is 6.29 Å². The molecule has 0 spiro atoms. The fraction of sp³-hybridized carbons (Fsp3) is 0.182.